The Labute approximate surface area is 119 Å². The maximum atomic E-state index is 12.2. The van der Waals surface area contributed by atoms with Gasteiger partial charge in [0.2, 0.25) is 0 Å². The predicted octanol–water partition coefficient (Wildman–Crippen LogP) is 3.19. The number of nitrogens with one attached hydrogen (secondary N) is 2. The molecule has 0 aliphatic carbocycles. The van der Waals surface area contributed by atoms with E-state index < -0.39 is 0 Å². The summed E-state index contributed by atoms with van der Waals surface area (Å²) in [6, 6.07) is 9.82. The van der Waals surface area contributed by atoms with E-state index in [2.05, 4.69) is 15.6 Å². The van der Waals surface area contributed by atoms with Crippen LogP contribution in [0.25, 0.3) is 10.9 Å². The molecule has 0 bridgehead atoms. The van der Waals surface area contributed by atoms with Crippen molar-refractivity contribution in [2.24, 2.45) is 0 Å². The smallest absolute Gasteiger partial charge is 0.270 e. The Bertz CT molecular complexity index is 610. The van der Waals surface area contributed by atoms with Crippen LogP contribution in [0, 0.1) is 0 Å². The van der Waals surface area contributed by atoms with E-state index in [1.165, 1.54) is 0 Å². The Morgan fingerprint density at radius 3 is 2.75 bits per heavy atom. The standard InChI is InChI=1S/C16H21N3O/c1-4-11(3)18-16(20)15-10-14(17-5-2)12-8-6-7-9-13(12)19-15/h6-11H,4-5H2,1-3H3,(H,17,19)(H,18,20). The molecule has 0 fully saturated rings. The monoisotopic (exact) mass is 271 g/mol. The van der Waals surface area contributed by atoms with Gasteiger partial charge in [-0.3, -0.25) is 4.79 Å². The lowest BCUT2D eigenvalue weighted by molar-refractivity contribution is 0.0934. The van der Waals surface area contributed by atoms with E-state index in [1.54, 1.807) is 0 Å². The molecular weight excluding hydrogens is 250 g/mol. The van der Waals surface area contributed by atoms with Gasteiger partial charge in [0, 0.05) is 23.7 Å². The van der Waals surface area contributed by atoms with Crippen molar-refractivity contribution in [3.63, 3.8) is 0 Å². The van der Waals surface area contributed by atoms with Gasteiger partial charge in [0.1, 0.15) is 5.69 Å². The van der Waals surface area contributed by atoms with Gasteiger partial charge in [0.25, 0.3) is 5.91 Å². The van der Waals surface area contributed by atoms with Crippen molar-refractivity contribution < 1.29 is 4.79 Å². The average Bonchev–Trinajstić information content (AvgIpc) is 2.47. The summed E-state index contributed by atoms with van der Waals surface area (Å²) in [7, 11) is 0. The largest absolute Gasteiger partial charge is 0.385 e. The van der Waals surface area contributed by atoms with Crippen molar-refractivity contribution in [1.29, 1.82) is 0 Å². The molecule has 2 aromatic rings. The van der Waals surface area contributed by atoms with E-state index in [4.69, 9.17) is 0 Å². The van der Waals surface area contributed by atoms with Crippen LogP contribution in [0.4, 0.5) is 5.69 Å². The van der Waals surface area contributed by atoms with Gasteiger partial charge in [0.05, 0.1) is 5.52 Å². The van der Waals surface area contributed by atoms with E-state index >= 15 is 0 Å². The number of rotatable bonds is 5. The molecule has 20 heavy (non-hydrogen) atoms. The number of carbonyl (C=O) groups is 1. The lowest BCUT2D eigenvalue weighted by Crippen LogP contribution is -2.32. The molecule has 106 valence electrons. The predicted molar refractivity (Wildman–Crippen MR) is 83.1 cm³/mol. The Morgan fingerprint density at radius 1 is 1.30 bits per heavy atom. The van der Waals surface area contributed by atoms with Gasteiger partial charge in [0.15, 0.2) is 0 Å². The molecule has 4 heteroatoms. The highest BCUT2D eigenvalue weighted by molar-refractivity contribution is 5.99. The fourth-order valence-corrected chi connectivity index (χ4v) is 2.03. The maximum Gasteiger partial charge on any atom is 0.270 e. The fourth-order valence-electron chi connectivity index (χ4n) is 2.03. The topological polar surface area (TPSA) is 54.0 Å². The Balaban J connectivity index is 2.41. The Hall–Kier alpha value is -2.10. The van der Waals surface area contributed by atoms with Crippen molar-refractivity contribution in [3.05, 3.63) is 36.0 Å². The van der Waals surface area contributed by atoms with Crippen molar-refractivity contribution in [2.75, 3.05) is 11.9 Å². The number of hydrogen-bond acceptors (Lipinski definition) is 3. The van der Waals surface area contributed by atoms with Gasteiger partial charge in [-0.25, -0.2) is 4.98 Å². The zero-order chi connectivity index (χ0) is 14.5. The van der Waals surface area contributed by atoms with Gasteiger partial charge in [-0.2, -0.15) is 0 Å². The molecule has 0 saturated carbocycles. The molecule has 0 aliphatic rings. The minimum absolute atomic E-state index is 0.121. The second kappa shape index (κ2) is 6.37. The number of carbonyl (C=O) groups excluding carboxylic acids is 1. The SMILES string of the molecule is CCNc1cc(C(=O)NC(C)CC)nc2ccccc12. The highest BCUT2D eigenvalue weighted by atomic mass is 16.1. The average molecular weight is 271 g/mol. The van der Waals surface area contributed by atoms with Crippen LogP contribution in [0.5, 0.6) is 0 Å². The molecule has 4 nitrogen and oxygen atoms in total. The van der Waals surface area contributed by atoms with Crippen molar-refractivity contribution in [3.8, 4) is 0 Å². The second-order valence-corrected chi connectivity index (χ2v) is 4.89. The summed E-state index contributed by atoms with van der Waals surface area (Å²) in [5, 5.41) is 7.28. The summed E-state index contributed by atoms with van der Waals surface area (Å²) in [5.74, 6) is -0.121. The summed E-state index contributed by atoms with van der Waals surface area (Å²) in [6.45, 7) is 6.88. The zero-order valence-corrected chi connectivity index (χ0v) is 12.2. The quantitative estimate of drug-likeness (QED) is 0.878. The van der Waals surface area contributed by atoms with E-state index in [1.807, 2.05) is 51.1 Å². The first-order valence-electron chi connectivity index (χ1n) is 7.10. The third-order valence-electron chi connectivity index (χ3n) is 3.31. The van der Waals surface area contributed by atoms with Crippen molar-refractivity contribution in [1.82, 2.24) is 10.3 Å². The number of benzene rings is 1. The number of aromatic nitrogens is 1. The molecule has 0 aliphatic heterocycles. The summed E-state index contributed by atoms with van der Waals surface area (Å²) in [4.78, 5) is 16.7. The molecule has 1 aromatic carbocycles. The number of pyridine rings is 1. The summed E-state index contributed by atoms with van der Waals surface area (Å²) >= 11 is 0. The van der Waals surface area contributed by atoms with Crippen LogP contribution in [0.15, 0.2) is 30.3 Å². The normalized spacial score (nSPS) is 12.2. The van der Waals surface area contributed by atoms with Gasteiger partial charge < -0.3 is 10.6 Å². The van der Waals surface area contributed by atoms with Crippen LogP contribution in [-0.2, 0) is 0 Å². The van der Waals surface area contributed by atoms with Gasteiger partial charge in [-0.15, -0.1) is 0 Å². The number of amides is 1. The number of hydrogen-bond donors (Lipinski definition) is 2. The summed E-state index contributed by atoms with van der Waals surface area (Å²) in [5.41, 5.74) is 2.24. The van der Waals surface area contributed by atoms with Gasteiger partial charge >= 0.3 is 0 Å². The first kappa shape index (κ1) is 14.3. The number of fused-ring (bicyclic) bond motifs is 1. The molecular formula is C16H21N3O. The number of nitrogens with zero attached hydrogens (tertiary/aromatic N) is 1. The van der Waals surface area contributed by atoms with E-state index in [9.17, 15) is 4.79 Å². The van der Waals surface area contributed by atoms with Crippen LogP contribution in [0.1, 0.15) is 37.7 Å². The molecule has 1 unspecified atom stereocenters. The highest BCUT2D eigenvalue weighted by Gasteiger charge is 2.13. The van der Waals surface area contributed by atoms with E-state index in [-0.39, 0.29) is 11.9 Å². The van der Waals surface area contributed by atoms with Gasteiger partial charge in [-0.05, 0) is 32.4 Å². The van der Waals surface area contributed by atoms with Crippen LogP contribution < -0.4 is 10.6 Å². The molecule has 0 saturated heterocycles. The molecule has 2 N–H and O–H groups in total. The zero-order valence-electron chi connectivity index (χ0n) is 12.2. The Morgan fingerprint density at radius 2 is 2.05 bits per heavy atom. The molecule has 0 radical (unpaired) electrons. The molecule has 1 heterocycles. The second-order valence-electron chi connectivity index (χ2n) is 4.89. The minimum atomic E-state index is -0.121. The lowest BCUT2D eigenvalue weighted by atomic mass is 10.1. The third kappa shape index (κ3) is 3.07. The molecule has 0 spiro atoms. The summed E-state index contributed by atoms with van der Waals surface area (Å²) < 4.78 is 0. The lowest BCUT2D eigenvalue weighted by Gasteiger charge is -2.13. The Kier molecular flexibility index (Phi) is 4.56. The van der Waals surface area contributed by atoms with E-state index in [0.717, 1.165) is 29.6 Å². The summed E-state index contributed by atoms with van der Waals surface area (Å²) in [6.07, 6.45) is 0.902. The van der Waals surface area contributed by atoms with Crippen molar-refractivity contribution >= 4 is 22.5 Å². The van der Waals surface area contributed by atoms with Crippen LogP contribution >= 0.6 is 0 Å². The van der Waals surface area contributed by atoms with E-state index in [0.29, 0.717) is 5.69 Å². The molecule has 1 aromatic heterocycles. The number of anilines is 1. The first-order chi connectivity index (χ1) is 9.65. The molecule has 1 atom stereocenters. The van der Waals surface area contributed by atoms with Gasteiger partial charge in [-0.1, -0.05) is 25.1 Å². The maximum absolute atomic E-state index is 12.2. The first-order valence-corrected chi connectivity index (χ1v) is 7.10. The third-order valence-corrected chi connectivity index (χ3v) is 3.31. The van der Waals surface area contributed by atoms with Crippen LogP contribution in [0.2, 0.25) is 0 Å². The van der Waals surface area contributed by atoms with Crippen LogP contribution in [0.3, 0.4) is 0 Å². The highest BCUT2D eigenvalue weighted by Crippen LogP contribution is 2.23. The minimum Gasteiger partial charge on any atom is -0.385 e. The number of para-hydroxylation sites is 1. The fraction of sp³-hybridized carbons (Fsp3) is 0.375. The molecule has 2 rings (SSSR count). The van der Waals surface area contributed by atoms with Crippen LogP contribution in [-0.4, -0.2) is 23.5 Å². The van der Waals surface area contributed by atoms with Crippen molar-refractivity contribution in [2.45, 2.75) is 33.2 Å². The molecule has 1 amide bonds.